The molecular formula is C11H25NO. The summed E-state index contributed by atoms with van der Waals surface area (Å²) in [4.78, 5) is 0. The molecule has 0 aromatic heterocycles. The van der Waals surface area contributed by atoms with Gasteiger partial charge in [-0.2, -0.15) is 0 Å². The number of methoxy groups -OCH3 is 1. The topological polar surface area (TPSA) is 21.3 Å². The molecular weight excluding hydrogens is 162 g/mol. The average Bonchev–Trinajstić information content (AvgIpc) is 2.12. The van der Waals surface area contributed by atoms with Crippen molar-refractivity contribution in [1.82, 2.24) is 5.32 Å². The van der Waals surface area contributed by atoms with Crippen LogP contribution in [0.4, 0.5) is 0 Å². The van der Waals surface area contributed by atoms with Gasteiger partial charge in [-0.05, 0) is 24.8 Å². The van der Waals surface area contributed by atoms with Crippen molar-refractivity contribution in [1.29, 1.82) is 0 Å². The number of rotatable bonds is 8. The van der Waals surface area contributed by atoms with Gasteiger partial charge in [0.2, 0.25) is 0 Å². The average molecular weight is 187 g/mol. The molecule has 0 amide bonds. The second-order valence-corrected chi connectivity index (χ2v) is 4.05. The SMILES string of the molecule is CCC(C)CC(C)CNCCOC. The van der Waals surface area contributed by atoms with E-state index in [0.717, 1.165) is 31.5 Å². The van der Waals surface area contributed by atoms with E-state index in [4.69, 9.17) is 4.74 Å². The molecule has 0 aliphatic carbocycles. The Morgan fingerprint density at radius 3 is 2.46 bits per heavy atom. The normalized spacial score (nSPS) is 15.7. The first-order valence-corrected chi connectivity index (χ1v) is 5.40. The van der Waals surface area contributed by atoms with Gasteiger partial charge in [0, 0.05) is 13.7 Å². The molecule has 1 N–H and O–H groups in total. The lowest BCUT2D eigenvalue weighted by molar-refractivity contribution is 0.197. The van der Waals surface area contributed by atoms with Crippen molar-refractivity contribution < 1.29 is 4.74 Å². The third-order valence-corrected chi connectivity index (χ3v) is 2.48. The molecule has 0 fully saturated rings. The summed E-state index contributed by atoms with van der Waals surface area (Å²) in [6.45, 7) is 9.80. The van der Waals surface area contributed by atoms with Crippen LogP contribution in [0.2, 0.25) is 0 Å². The third-order valence-electron chi connectivity index (χ3n) is 2.48. The highest BCUT2D eigenvalue weighted by atomic mass is 16.5. The smallest absolute Gasteiger partial charge is 0.0587 e. The Bertz CT molecular complexity index is 106. The maximum absolute atomic E-state index is 4.96. The predicted molar refractivity (Wildman–Crippen MR) is 58.0 cm³/mol. The summed E-state index contributed by atoms with van der Waals surface area (Å²) < 4.78 is 4.96. The number of hydrogen-bond donors (Lipinski definition) is 1. The van der Waals surface area contributed by atoms with Gasteiger partial charge in [-0.25, -0.2) is 0 Å². The third kappa shape index (κ3) is 8.26. The van der Waals surface area contributed by atoms with E-state index < -0.39 is 0 Å². The van der Waals surface area contributed by atoms with Crippen molar-refractivity contribution in [3.8, 4) is 0 Å². The Morgan fingerprint density at radius 2 is 1.92 bits per heavy atom. The standard InChI is InChI=1S/C11H25NO/c1-5-10(2)8-11(3)9-12-6-7-13-4/h10-12H,5-9H2,1-4H3. The first kappa shape index (κ1) is 12.9. The van der Waals surface area contributed by atoms with Crippen molar-refractivity contribution in [3.63, 3.8) is 0 Å². The van der Waals surface area contributed by atoms with Gasteiger partial charge in [0.05, 0.1) is 6.61 Å². The van der Waals surface area contributed by atoms with Crippen LogP contribution in [0.15, 0.2) is 0 Å². The van der Waals surface area contributed by atoms with E-state index in [2.05, 4.69) is 26.1 Å². The van der Waals surface area contributed by atoms with Gasteiger partial charge in [-0.1, -0.05) is 27.2 Å². The molecule has 2 heteroatoms. The second kappa shape index (κ2) is 8.52. The Kier molecular flexibility index (Phi) is 8.46. The minimum absolute atomic E-state index is 0.784. The highest BCUT2D eigenvalue weighted by Crippen LogP contribution is 2.13. The van der Waals surface area contributed by atoms with E-state index in [0.29, 0.717) is 0 Å². The molecule has 0 aromatic carbocycles. The van der Waals surface area contributed by atoms with Crippen molar-refractivity contribution in [2.45, 2.75) is 33.6 Å². The molecule has 0 saturated heterocycles. The molecule has 2 unspecified atom stereocenters. The second-order valence-electron chi connectivity index (χ2n) is 4.05. The summed E-state index contributed by atoms with van der Waals surface area (Å²) in [7, 11) is 1.74. The summed E-state index contributed by atoms with van der Waals surface area (Å²) in [5.74, 6) is 1.64. The van der Waals surface area contributed by atoms with E-state index >= 15 is 0 Å². The molecule has 0 aliphatic heterocycles. The summed E-state index contributed by atoms with van der Waals surface area (Å²) >= 11 is 0. The van der Waals surface area contributed by atoms with Crippen LogP contribution >= 0.6 is 0 Å². The monoisotopic (exact) mass is 187 g/mol. The zero-order valence-electron chi connectivity index (χ0n) is 9.60. The fourth-order valence-electron chi connectivity index (χ4n) is 1.46. The lowest BCUT2D eigenvalue weighted by atomic mass is 9.95. The summed E-state index contributed by atoms with van der Waals surface area (Å²) in [6, 6.07) is 0. The van der Waals surface area contributed by atoms with Gasteiger partial charge in [-0.3, -0.25) is 0 Å². The molecule has 0 saturated carbocycles. The van der Waals surface area contributed by atoms with Crippen LogP contribution in [-0.4, -0.2) is 26.8 Å². The van der Waals surface area contributed by atoms with E-state index in [-0.39, 0.29) is 0 Å². The van der Waals surface area contributed by atoms with Crippen molar-refractivity contribution in [2.75, 3.05) is 26.8 Å². The molecule has 0 radical (unpaired) electrons. The maximum Gasteiger partial charge on any atom is 0.0587 e. The Hall–Kier alpha value is -0.0800. The first-order chi connectivity index (χ1) is 6.20. The van der Waals surface area contributed by atoms with Crippen molar-refractivity contribution in [2.24, 2.45) is 11.8 Å². The highest BCUT2D eigenvalue weighted by molar-refractivity contribution is 4.60. The van der Waals surface area contributed by atoms with Crippen molar-refractivity contribution >= 4 is 0 Å². The van der Waals surface area contributed by atoms with Gasteiger partial charge < -0.3 is 10.1 Å². The van der Waals surface area contributed by atoms with Crippen molar-refractivity contribution in [3.05, 3.63) is 0 Å². The molecule has 0 heterocycles. The van der Waals surface area contributed by atoms with Crippen LogP contribution in [0.5, 0.6) is 0 Å². The Balaban J connectivity index is 3.24. The zero-order chi connectivity index (χ0) is 10.1. The molecule has 2 nitrogen and oxygen atoms in total. The predicted octanol–water partition coefficient (Wildman–Crippen LogP) is 2.29. The largest absolute Gasteiger partial charge is 0.383 e. The molecule has 0 rings (SSSR count). The van der Waals surface area contributed by atoms with Gasteiger partial charge >= 0.3 is 0 Å². The summed E-state index contributed by atoms with van der Waals surface area (Å²) in [5.41, 5.74) is 0. The van der Waals surface area contributed by atoms with Gasteiger partial charge in [-0.15, -0.1) is 0 Å². The van der Waals surface area contributed by atoms with E-state index in [1.807, 2.05) is 0 Å². The van der Waals surface area contributed by atoms with E-state index in [1.54, 1.807) is 7.11 Å². The van der Waals surface area contributed by atoms with Crippen LogP contribution < -0.4 is 5.32 Å². The van der Waals surface area contributed by atoms with E-state index in [1.165, 1.54) is 12.8 Å². The maximum atomic E-state index is 4.96. The molecule has 2 atom stereocenters. The fourth-order valence-corrected chi connectivity index (χ4v) is 1.46. The van der Waals surface area contributed by atoms with Crippen LogP contribution in [-0.2, 0) is 4.74 Å². The minimum Gasteiger partial charge on any atom is -0.383 e. The van der Waals surface area contributed by atoms with Gasteiger partial charge in [0.1, 0.15) is 0 Å². The lowest BCUT2D eigenvalue weighted by Crippen LogP contribution is -2.25. The van der Waals surface area contributed by atoms with E-state index in [9.17, 15) is 0 Å². The summed E-state index contributed by atoms with van der Waals surface area (Å²) in [5, 5.41) is 3.39. The summed E-state index contributed by atoms with van der Waals surface area (Å²) in [6.07, 6.45) is 2.62. The zero-order valence-corrected chi connectivity index (χ0v) is 9.60. The highest BCUT2D eigenvalue weighted by Gasteiger charge is 2.05. The molecule has 0 aliphatic rings. The lowest BCUT2D eigenvalue weighted by Gasteiger charge is -2.16. The number of ether oxygens (including phenoxy) is 1. The molecule has 80 valence electrons. The minimum atomic E-state index is 0.784. The van der Waals surface area contributed by atoms with Gasteiger partial charge in [0.15, 0.2) is 0 Å². The molecule has 0 spiro atoms. The number of nitrogens with one attached hydrogen (secondary N) is 1. The van der Waals surface area contributed by atoms with Crippen LogP contribution in [0.1, 0.15) is 33.6 Å². The first-order valence-electron chi connectivity index (χ1n) is 5.40. The number of hydrogen-bond acceptors (Lipinski definition) is 2. The quantitative estimate of drug-likeness (QED) is 0.589. The van der Waals surface area contributed by atoms with Crippen LogP contribution in [0, 0.1) is 11.8 Å². The molecule has 0 aromatic rings. The van der Waals surface area contributed by atoms with Crippen LogP contribution in [0.25, 0.3) is 0 Å². The fraction of sp³-hybridized carbons (Fsp3) is 1.00. The Morgan fingerprint density at radius 1 is 1.23 bits per heavy atom. The molecule has 0 bridgehead atoms. The van der Waals surface area contributed by atoms with Gasteiger partial charge in [0.25, 0.3) is 0 Å². The Labute approximate surface area is 83.1 Å². The molecule has 13 heavy (non-hydrogen) atoms. The van der Waals surface area contributed by atoms with Crippen LogP contribution in [0.3, 0.4) is 0 Å².